The first kappa shape index (κ1) is 13.3. The monoisotopic (exact) mass is 251 g/mol. The zero-order chi connectivity index (χ0) is 13.1. The minimum absolute atomic E-state index is 0.0280. The molecule has 2 heterocycles. The summed E-state index contributed by atoms with van der Waals surface area (Å²) in [6.07, 6.45) is 3.74. The van der Waals surface area contributed by atoms with Gasteiger partial charge in [-0.3, -0.25) is 14.6 Å². The molecule has 2 fully saturated rings. The van der Waals surface area contributed by atoms with Crippen molar-refractivity contribution in [3.8, 4) is 6.07 Å². The Hall–Kier alpha value is -1.12. The summed E-state index contributed by atoms with van der Waals surface area (Å²) in [6, 6.07) is 2.34. The number of carbonyl (C=O) groups is 1. The van der Waals surface area contributed by atoms with E-state index in [4.69, 9.17) is 5.26 Å². The highest BCUT2D eigenvalue weighted by atomic mass is 16.4. The number of nitrogens with zero attached hydrogens (tertiary/aromatic N) is 3. The lowest BCUT2D eigenvalue weighted by Crippen LogP contribution is -2.50. The van der Waals surface area contributed by atoms with Crippen LogP contribution in [0.4, 0.5) is 0 Å². The molecule has 100 valence electrons. The average Bonchev–Trinajstić information content (AvgIpc) is 2.87. The third-order valence-electron chi connectivity index (χ3n) is 4.28. The van der Waals surface area contributed by atoms with Crippen LogP contribution < -0.4 is 0 Å². The van der Waals surface area contributed by atoms with Crippen molar-refractivity contribution >= 4 is 5.97 Å². The van der Waals surface area contributed by atoms with E-state index in [2.05, 4.69) is 15.9 Å². The highest BCUT2D eigenvalue weighted by Gasteiger charge is 2.36. The molecule has 2 rings (SSSR count). The molecule has 0 aromatic heterocycles. The summed E-state index contributed by atoms with van der Waals surface area (Å²) in [4.78, 5) is 15.5. The van der Waals surface area contributed by atoms with Crippen LogP contribution in [0.3, 0.4) is 0 Å². The van der Waals surface area contributed by atoms with Gasteiger partial charge in [-0.25, -0.2) is 0 Å². The van der Waals surface area contributed by atoms with Crippen LogP contribution in [-0.4, -0.2) is 58.6 Å². The SMILES string of the molecule is CC(C#N)N1CCC(N2CCCC2C(=O)O)CC1. The Bertz CT molecular complexity index is 345. The number of hydrogen-bond acceptors (Lipinski definition) is 4. The van der Waals surface area contributed by atoms with Gasteiger partial charge in [0.15, 0.2) is 0 Å². The van der Waals surface area contributed by atoms with Crippen molar-refractivity contribution in [3.05, 3.63) is 0 Å². The normalized spacial score (nSPS) is 29.0. The van der Waals surface area contributed by atoms with Crippen LogP contribution in [-0.2, 0) is 4.79 Å². The summed E-state index contributed by atoms with van der Waals surface area (Å²) in [7, 11) is 0. The van der Waals surface area contributed by atoms with Crippen LogP contribution in [0.25, 0.3) is 0 Å². The van der Waals surface area contributed by atoms with Gasteiger partial charge in [0.1, 0.15) is 6.04 Å². The van der Waals surface area contributed by atoms with Gasteiger partial charge in [-0.05, 0) is 39.2 Å². The molecule has 18 heavy (non-hydrogen) atoms. The van der Waals surface area contributed by atoms with E-state index in [1.807, 2.05) is 6.92 Å². The van der Waals surface area contributed by atoms with E-state index in [1.165, 1.54) is 0 Å². The molecule has 2 saturated heterocycles. The molecule has 2 unspecified atom stereocenters. The van der Waals surface area contributed by atoms with Gasteiger partial charge in [0.2, 0.25) is 0 Å². The fourth-order valence-corrected chi connectivity index (χ4v) is 3.18. The highest BCUT2D eigenvalue weighted by Crippen LogP contribution is 2.26. The van der Waals surface area contributed by atoms with Gasteiger partial charge in [-0.2, -0.15) is 5.26 Å². The fourth-order valence-electron chi connectivity index (χ4n) is 3.18. The Balaban J connectivity index is 1.90. The number of hydrogen-bond donors (Lipinski definition) is 1. The van der Waals surface area contributed by atoms with E-state index in [9.17, 15) is 9.90 Å². The molecule has 2 aliphatic heterocycles. The van der Waals surface area contributed by atoms with Crippen molar-refractivity contribution in [1.82, 2.24) is 9.80 Å². The van der Waals surface area contributed by atoms with Gasteiger partial charge in [0.05, 0.1) is 12.1 Å². The molecule has 0 aromatic carbocycles. The van der Waals surface area contributed by atoms with E-state index in [0.717, 1.165) is 45.3 Å². The molecule has 0 saturated carbocycles. The number of nitriles is 1. The number of rotatable bonds is 3. The molecule has 0 amide bonds. The second-order valence-electron chi connectivity index (χ2n) is 5.31. The quantitative estimate of drug-likeness (QED) is 0.807. The highest BCUT2D eigenvalue weighted by molar-refractivity contribution is 5.73. The molecule has 2 aliphatic rings. The number of aliphatic carboxylic acids is 1. The third-order valence-corrected chi connectivity index (χ3v) is 4.28. The van der Waals surface area contributed by atoms with Crippen molar-refractivity contribution in [2.24, 2.45) is 0 Å². The first-order valence-corrected chi connectivity index (χ1v) is 6.75. The standard InChI is InChI=1S/C13H21N3O2/c1-10(9-14)15-7-4-11(5-8-15)16-6-2-3-12(16)13(17)18/h10-12H,2-8H2,1H3,(H,17,18). The summed E-state index contributed by atoms with van der Waals surface area (Å²) < 4.78 is 0. The number of carboxylic acids is 1. The zero-order valence-electron chi connectivity index (χ0n) is 10.9. The maximum Gasteiger partial charge on any atom is 0.320 e. The predicted molar refractivity (Wildman–Crippen MR) is 67.0 cm³/mol. The Morgan fingerprint density at radius 2 is 2.00 bits per heavy atom. The molecular weight excluding hydrogens is 230 g/mol. The Kier molecular flexibility index (Phi) is 4.20. The lowest BCUT2D eigenvalue weighted by Gasteiger charge is -2.39. The summed E-state index contributed by atoms with van der Waals surface area (Å²) in [5, 5.41) is 18.1. The Morgan fingerprint density at radius 3 is 2.56 bits per heavy atom. The molecule has 0 aromatic rings. The van der Waals surface area contributed by atoms with Gasteiger partial charge in [-0.1, -0.05) is 0 Å². The predicted octanol–water partition coefficient (Wildman–Crippen LogP) is 0.912. The molecule has 0 aliphatic carbocycles. The minimum atomic E-state index is -0.680. The summed E-state index contributed by atoms with van der Waals surface area (Å²) >= 11 is 0. The lowest BCUT2D eigenvalue weighted by atomic mass is 10.0. The molecule has 5 heteroatoms. The summed E-state index contributed by atoms with van der Waals surface area (Å²) in [5.74, 6) is -0.680. The summed E-state index contributed by atoms with van der Waals surface area (Å²) in [5.41, 5.74) is 0. The smallest absolute Gasteiger partial charge is 0.320 e. The Morgan fingerprint density at radius 1 is 1.33 bits per heavy atom. The molecule has 0 radical (unpaired) electrons. The second-order valence-corrected chi connectivity index (χ2v) is 5.31. The van der Waals surface area contributed by atoms with Crippen molar-refractivity contribution in [3.63, 3.8) is 0 Å². The van der Waals surface area contributed by atoms with Gasteiger partial charge in [0.25, 0.3) is 0 Å². The Labute approximate surface area is 108 Å². The number of likely N-dealkylation sites (tertiary alicyclic amines) is 2. The fraction of sp³-hybridized carbons (Fsp3) is 0.846. The third kappa shape index (κ3) is 2.65. The first-order valence-electron chi connectivity index (χ1n) is 6.75. The first-order chi connectivity index (χ1) is 8.63. The van der Waals surface area contributed by atoms with Gasteiger partial charge < -0.3 is 5.11 Å². The van der Waals surface area contributed by atoms with Crippen molar-refractivity contribution in [2.75, 3.05) is 19.6 Å². The lowest BCUT2D eigenvalue weighted by molar-refractivity contribution is -0.143. The van der Waals surface area contributed by atoms with Crippen LogP contribution in [0.2, 0.25) is 0 Å². The molecule has 0 bridgehead atoms. The molecule has 5 nitrogen and oxygen atoms in total. The van der Waals surface area contributed by atoms with E-state index < -0.39 is 5.97 Å². The molecule has 0 spiro atoms. The van der Waals surface area contributed by atoms with Crippen molar-refractivity contribution < 1.29 is 9.90 Å². The van der Waals surface area contributed by atoms with Gasteiger partial charge in [-0.15, -0.1) is 0 Å². The van der Waals surface area contributed by atoms with Crippen LogP contribution in [0.15, 0.2) is 0 Å². The maximum atomic E-state index is 11.2. The summed E-state index contributed by atoms with van der Waals surface area (Å²) in [6.45, 7) is 4.65. The second kappa shape index (κ2) is 5.68. The largest absolute Gasteiger partial charge is 0.480 e. The van der Waals surface area contributed by atoms with Crippen LogP contribution in [0.5, 0.6) is 0 Å². The van der Waals surface area contributed by atoms with E-state index in [-0.39, 0.29) is 12.1 Å². The molecule has 2 atom stereocenters. The van der Waals surface area contributed by atoms with Crippen molar-refractivity contribution in [2.45, 2.75) is 50.7 Å². The van der Waals surface area contributed by atoms with Crippen LogP contribution in [0, 0.1) is 11.3 Å². The topological polar surface area (TPSA) is 67.6 Å². The van der Waals surface area contributed by atoms with Gasteiger partial charge >= 0.3 is 5.97 Å². The number of carboxylic acid groups (broad SMARTS) is 1. The minimum Gasteiger partial charge on any atom is -0.480 e. The van der Waals surface area contributed by atoms with Crippen LogP contribution in [0.1, 0.15) is 32.6 Å². The van der Waals surface area contributed by atoms with Gasteiger partial charge in [0, 0.05) is 19.1 Å². The van der Waals surface area contributed by atoms with E-state index in [1.54, 1.807) is 0 Å². The van der Waals surface area contributed by atoms with Crippen molar-refractivity contribution in [1.29, 1.82) is 5.26 Å². The average molecular weight is 251 g/mol. The zero-order valence-corrected chi connectivity index (χ0v) is 10.9. The maximum absolute atomic E-state index is 11.2. The number of piperidine rings is 1. The molecular formula is C13H21N3O2. The van der Waals surface area contributed by atoms with Crippen LogP contribution >= 0.6 is 0 Å². The molecule has 1 N–H and O–H groups in total. The van der Waals surface area contributed by atoms with E-state index >= 15 is 0 Å². The van der Waals surface area contributed by atoms with E-state index in [0.29, 0.717) is 6.04 Å².